The van der Waals surface area contributed by atoms with Crippen molar-refractivity contribution in [2.75, 3.05) is 67.8 Å². The van der Waals surface area contributed by atoms with E-state index >= 15 is 0 Å². The van der Waals surface area contributed by atoms with Gasteiger partial charge in [0.15, 0.2) is 0 Å². The zero-order valence-corrected chi connectivity index (χ0v) is 16.0. The third-order valence-corrected chi connectivity index (χ3v) is 2.36. The van der Waals surface area contributed by atoms with Crippen molar-refractivity contribution in [2.24, 2.45) is 0 Å². The standard InChI is InChI=1S/2C7H17NO2.C2H6.15CH4/c2*1-7(6-8-2)10-5-4-9-3;1-2;;;;;;;;;;;;;;;/h2*7-8H,4-6H2,1-3H3;1-2H3;15*1H4. The summed E-state index contributed by atoms with van der Waals surface area (Å²) < 4.78 is 20.3. The number of ether oxygens (including phenoxy) is 4. The summed E-state index contributed by atoms with van der Waals surface area (Å²) in [7, 11) is 7.17. The largest absolute Gasteiger partial charge is 0.382 e. The third kappa shape index (κ3) is 164. The van der Waals surface area contributed by atoms with Crippen molar-refractivity contribution in [3.63, 3.8) is 0 Å². The van der Waals surface area contributed by atoms with E-state index in [9.17, 15) is 0 Å². The van der Waals surface area contributed by atoms with Crippen molar-refractivity contribution >= 4 is 0 Å². The molecule has 0 radical (unpaired) electrons. The molecule has 2 atom stereocenters. The quantitative estimate of drug-likeness (QED) is 0.230. The Hall–Kier alpha value is -0.240. The zero-order valence-electron chi connectivity index (χ0n) is 16.0. The van der Waals surface area contributed by atoms with Crippen LogP contribution >= 0.6 is 0 Å². The summed E-state index contributed by atoms with van der Waals surface area (Å²) in [6.07, 6.45) is 0.556. The summed E-state index contributed by atoms with van der Waals surface area (Å²) in [4.78, 5) is 0. The van der Waals surface area contributed by atoms with E-state index in [-0.39, 0.29) is 124 Å². The molecule has 0 aromatic rings. The highest BCUT2D eigenvalue weighted by Gasteiger charge is 1.98. The molecule has 2 N–H and O–H groups in total. The fourth-order valence-corrected chi connectivity index (χ4v) is 1.36. The van der Waals surface area contributed by atoms with Gasteiger partial charge in [0.1, 0.15) is 0 Å². The van der Waals surface area contributed by atoms with Crippen LogP contribution in [0.5, 0.6) is 0 Å². The molecule has 0 fully saturated rings. The van der Waals surface area contributed by atoms with Gasteiger partial charge >= 0.3 is 0 Å². The van der Waals surface area contributed by atoms with Crippen molar-refractivity contribution < 1.29 is 18.9 Å². The molecule has 0 saturated heterocycles. The van der Waals surface area contributed by atoms with E-state index in [0.717, 1.165) is 13.1 Å². The van der Waals surface area contributed by atoms with Crippen molar-refractivity contribution in [1.82, 2.24) is 10.6 Å². The maximum Gasteiger partial charge on any atom is 0.0704 e. The monoisotopic (exact) mass is 565 g/mol. The van der Waals surface area contributed by atoms with Crippen LogP contribution in [0.4, 0.5) is 0 Å². The van der Waals surface area contributed by atoms with Gasteiger partial charge in [-0.1, -0.05) is 125 Å². The van der Waals surface area contributed by atoms with Crippen LogP contribution in [-0.2, 0) is 18.9 Å². The molecule has 37 heavy (non-hydrogen) atoms. The second kappa shape index (κ2) is 137. The molecule has 258 valence electrons. The predicted octanol–water partition coefficient (Wildman–Crippen LogP) is 11.1. The smallest absolute Gasteiger partial charge is 0.0704 e. The summed E-state index contributed by atoms with van der Waals surface area (Å²) in [5, 5.41) is 6.06. The molecule has 2 unspecified atom stereocenters. The number of hydrogen-bond acceptors (Lipinski definition) is 6. The summed E-state index contributed by atoms with van der Waals surface area (Å²) in [5.74, 6) is 0. The van der Waals surface area contributed by atoms with E-state index in [2.05, 4.69) is 10.6 Å². The number of nitrogens with one attached hydrogen (secondary N) is 2. The first-order valence-electron chi connectivity index (χ1n) is 8.12. The maximum absolute atomic E-state index is 5.34. The second-order valence-corrected chi connectivity index (χ2v) is 4.46. The maximum atomic E-state index is 5.34. The van der Waals surface area contributed by atoms with Crippen LogP contribution in [0, 0.1) is 0 Å². The molecule has 0 aliphatic rings. The van der Waals surface area contributed by atoms with Crippen molar-refractivity contribution in [2.45, 2.75) is 151 Å². The Kier molecular flexibility index (Phi) is 495. The average molecular weight is 565 g/mol. The number of hydrogen-bond donors (Lipinski definition) is 2. The van der Waals surface area contributed by atoms with Crippen LogP contribution in [0.3, 0.4) is 0 Å². The van der Waals surface area contributed by atoms with E-state index in [1.54, 1.807) is 14.2 Å². The van der Waals surface area contributed by atoms with Crippen LogP contribution in [0.25, 0.3) is 0 Å². The van der Waals surface area contributed by atoms with E-state index in [0.29, 0.717) is 26.4 Å². The number of likely N-dealkylation sites (N-methyl/N-ethyl adjacent to an activating group) is 2. The summed E-state index contributed by atoms with van der Waals surface area (Å²) in [5.41, 5.74) is 0. The van der Waals surface area contributed by atoms with Gasteiger partial charge < -0.3 is 29.6 Å². The Bertz CT molecular complexity index is 161. The Morgan fingerprint density at radius 1 is 0.432 bits per heavy atom. The Morgan fingerprint density at radius 3 is 0.757 bits per heavy atom. The van der Waals surface area contributed by atoms with Crippen LogP contribution in [0.2, 0.25) is 0 Å². The molecule has 0 amide bonds. The molecular formula is C31H100N2O4. The Labute approximate surface area is 248 Å². The van der Waals surface area contributed by atoms with Gasteiger partial charge in [0, 0.05) is 27.3 Å². The lowest BCUT2D eigenvalue weighted by atomic mass is 10.4. The summed E-state index contributed by atoms with van der Waals surface area (Å²) in [6, 6.07) is 0. The molecule has 0 aliphatic carbocycles. The van der Waals surface area contributed by atoms with E-state index in [4.69, 9.17) is 18.9 Å². The molecule has 0 bridgehead atoms. The van der Waals surface area contributed by atoms with Gasteiger partial charge in [-0.3, -0.25) is 0 Å². The molecule has 0 heterocycles. The van der Waals surface area contributed by atoms with Gasteiger partial charge in [-0.2, -0.15) is 0 Å². The van der Waals surface area contributed by atoms with Gasteiger partial charge in [0.2, 0.25) is 0 Å². The highest BCUT2D eigenvalue weighted by atomic mass is 16.5. The molecule has 6 nitrogen and oxygen atoms in total. The average Bonchev–Trinajstić information content (AvgIpc) is 2.51. The number of rotatable bonds is 12. The van der Waals surface area contributed by atoms with Gasteiger partial charge in [-0.25, -0.2) is 0 Å². The molecular weight excluding hydrogens is 464 g/mol. The first-order chi connectivity index (χ1) is 10.6. The topological polar surface area (TPSA) is 61.0 Å². The lowest BCUT2D eigenvalue weighted by Gasteiger charge is -2.11. The minimum absolute atomic E-state index is 0. The molecule has 0 spiro atoms. The van der Waals surface area contributed by atoms with Crippen molar-refractivity contribution in [3.05, 3.63) is 0 Å². The fourth-order valence-electron chi connectivity index (χ4n) is 1.36. The van der Waals surface area contributed by atoms with Crippen molar-refractivity contribution in [3.8, 4) is 0 Å². The molecule has 0 rings (SSSR count). The van der Waals surface area contributed by atoms with Crippen LogP contribution in [-0.4, -0.2) is 80.0 Å². The third-order valence-electron chi connectivity index (χ3n) is 2.36. The lowest BCUT2D eigenvalue weighted by Crippen LogP contribution is -2.24. The fraction of sp³-hybridized carbons (Fsp3) is 1.00. The van der Waals surface area contributed by atoms with E-state index in [1.165, 1.54) is 0 Å². The summed E-state index contributed by atoms with van der Waals surface area (Å²) in [6.45, 7) is 12.6. The predicted molar refractivity (Wildman–Crippen MR) is 195 cm³/mol. The van der Waals surface area contributed by atoms with E-state index in [1.807, 2.05) is 41.8 Å². The molecule has 0 aliphatic heterocycles. The minimum atomic E-state index is 0. The van der Waals surface area contributed by atoms with Crippen LogP contribution in [0.15, 0.2) is 0 Å². The summed E-state index contributed by atoms with van der Waals surface area (Å²) >= 11 is 0. The van der Waals surface area contributed by atoms with Gasteiger partial charge in [0.05, 0.1) is 38.6 Å². The molecule has 0 aromatic carbocycles. The minimum Gasteiger partial charge on any atom is -0.382 e. The zero-order chi connectivity index (χ0) is 17.6. The Balaban J connectivity index is -0.00000000826. The lowest BCUT2D eigenvalue weighted by molar-refractivity contribution is 0.0275. The van der Waals surface area contributed by atoms with Crippen LogP contribution in [0.1, 0.15) is 139 Å². The van der Waals surface area contributed by atoms with Crippen LogP contribution < -0.4 is 10.6 Å². The first-order valence-corrected chi connectivity index (χ1v) is 8.12. The van der Waals surface area contributed by atoms with Gasteiger partial charge in [0.25, 0.3) is 0 Å². The second-order valence-electron chi connectivity index (χ2n) is 4.46. The molecule has 6 heteroatoms. The number of methoxy groups -OCH3 is 2. The SMILES string of the molecule is C.C.C.C.C.C.C.C.C.C.C.C.C.C.C.CC.CNCC(C)OCCOC.CNCC(C)OCCOC. The van der Waals surface area contributed by atoms with Gasteiger partial charge in [-0.05, 0) is 27.9 Å². The first kappa shape index (κ1) is 134. The normalized spacial score (nSPS) is 7.46. The van der Waals surface area contributed by atoms with Crippen molar-refractivity contribution in [1.29, 1.82) is 0 Å². The Morgan fingerprint density at radius 2 is 0.622 bits per heavy atom. The van der Waals surface area contributed by atoms with Gasteiger partial charge in [-0.15, -0.1) is 0 Å². The molecule has 0 aromatic heterocycles. The molecule has 0 saturated carbocycles. The highest BCUT2D eigenvalue weighted by molar-refractivity contribution is 4.51. The van der Waals surface area contributed by atoms with E-state index < -0.39 is 0 Å². The highest BCUT2D eigenvalue weighted by Crippen LogP contribution is 1.87.